The van der Waals surface area contributed by atoms with E-state index in [9.17, 15) is 4.79 Å². The summed E-state index contributed by atoms with van der Waals surface area (Å²) in [5.41, 5.74) is 6.06. The van der Waals surface area contributed by atoms with Crippen LogP contribution in [0, 0.1) is 11.8 Å². The molecule has 0 fully saturated rings. The first-order valence-electron chi connectivity index (χ1n) is 4.83. The molecule has 86 valence electrons. The molecule has 3 nitrogen and oxygen atoms in total. The van der Waals surface area contributed by atoms with Crippen LogP contribution in [-0.4, -0.2) is 31.0 Å². The second-order valence-electron chi connectivity index (χ2n) is 2.92. The van der Waals surface area contributed by atoms with E-state index in [1.54, 1.807) is 11.8 Å². The Morgan fingerprint density at radius 2 is 2.50 bits per heavy atom. The fourth-order valence-electron chi connectivity index (χ4n) is 1.08. The molecule has 1 aromatic rings. The van der Waals surface area contributed by atoms with Gasteiger partial charge in [-0.1, -0.05) is 11.8 Å². The molecule has 16 heavy (non-hydrogen) atoms. The fourth-order valence-corrected chi connectivity index (χ4v) is 2.15. The predicted octanol–water partition coefficient (Wildman–Crippen LogP) is 1.15. The van der Waals surface area contributed by atoms with Crippen molar-refractivity contribution in [2.75, 3.05) is 25.1 Å². The summed E-state index contributed by atoms with van der Waals surface area (Å²) < 4.78 is 0. The van der Waals surface area contributed by atoms with E-state index in [4.69, 9.17) is 5.73 Å². The highest BCUT2D eigenvalue weighted by Crippen LogP contribution is 2.15. The lowest BCUT2D eigenvalue weighted by atomic mass is 10.2. The molecule has 1 aromatic heterocycles. The van der Waals surface area contributed by atoms with Gasteiger partial charge in [0.25, 0.3) is 5.91 Å². The van der Waals surface area contributed by atoms with E-state index >= 15 is 0 Å². The highest BCUT2D eigenvalue weighted by atomic mass is 32.2. The third-order valence-corrected chi connectivity index (χ3v) is 3.31. The number of thiophene rings is 1. The van der Waals surface area contributed by atoms with Gasteiger partial charge in [0.1, 0.15) is 4.88 Å². The number of hydrogen-bond donors (Lipinski definition) is 2. The van der Waals surface area contributed by atoms with Gasteiger partial charge in [0.2, 0.25) is 0 Å². The van der Waals surface area contributed by atoms with Crippen LogP contribution in [0.3, 0.4) is 0 Å². The van der Waals surface area contributed by atoms with Gasteiger partial charge in [-0.25, -0.2) is 0 Å². The number of carbonyl (C=O) groups is 1. The molecular formula is C11H14N2OS2. The summed E-state index contributed by atoms with van der Waals surface area (Å²) in [5.74, 6) is 6.51. The van der Waals surface area contributed by atoms with Gasteiger partial charge in [-0.15, -0.1) is 11.3 Å². The Bertz CT molecular complexity index is 404. The molecule has 5 heteroatoms. The molecule has 0 bridgehead atoms. The number of nitrogens with two attached hydrogens (primary N) is 1. The van der Waals surface area contributed by atoms with Crippen molar-refractivity contribution < 1.29 is 4.79 Å². The molecule has 3 N–H and O–H groups in total. The number of nitrogens with one attached hydrogen (secondary N) is 1. The molecular weight excluding hydrogens is 240 g/mol. The molecule has 0 aliphatic rings. The average molecular weight is 254 g/mol. The van der Waals surface area contributed by atoms with Crippen LogP contribution >= 0.6 is 23.1 Å². The molecule has 0 aromatic carbocycles. The van der Waals surface area contributed by atoms with E-state index in [1.807, 2.05) is 17.7 Å². The zero-order valence-electron chi connectivity index (χ0n) is 9.08. The summed E-state index contributed by atoms with van der Waals surface area (Å²) in [6, 6.07) is 1.84. The average Bonchev–Trinajstić information content (AvgIpc) is 2.74. The monoisotopic (exact) mass is 254 g/mol. The zero-order chi connectivity index (χ0) is 11.8. The van der Waals surface area contributed by atoms with Crippen LogP contribution in [0.2, 0.25) is 0 Å². The number of thioether (sulfide) groups is 1. The number of amides is 1. The molecule has 0 atom stereocenters. The van der Waals surface area contributed by atoms with Crippen LogP contribution in [-0.2, 0) is 0 Å². The van der Waals surface area contributed by atoms with Gasteiger partial charge >= 0.3 is 0 Å². The molecule has 1 amide bonds. The third-order valence-electron chi connectivity index (χ3n) is 1.79. The van der Waals surface area contributed by atoms with Gasteiger partial charge in [0.15, 0.2) is 0 Å². The van der Waals surface area contributed by atoms with E-state index in [1.165, 1.54) is 11.3 Å². The SMILES string of the molecule is CSCCNC(=O)c1sccc1C#CCN. The van der Waals surface area contributed by atoms with Crippen molar-refractivity contribution in [1.82, 2.24) is 5.32 Å². The number of rotatable bonds is 4. The van der Waals surface area contributed by atoms with Gasteiger partial charge in [0.05, 0.1) is 6.54 Å². The molecule has 0 spiro atoms. The minimum atomic E-state index is -0.0506. The summed E-state index contributed by atoms with van der Waals surface area (Å²) in [7, 11) is 0. The van der Waals surface area contributed by atoms with Crippen molar-refractivity contribution in [1.29, 1.82) is 0 Å². The maximum absolute atomic E-state index is 11.8. The number of hydrogen-bond acceptors (Lipinski definition) is 4. The van der Waals surface area contributed by atoms with E-state index in [-0.39, 0.29) is 5.91 Å². The Morgan fingerprint density at radius 1 is 1.69 bits per heavy atom. The van der Waals surface area contributed by atoms with Crippen LogP contribution in [0.4, 0.5) is 0 Å². The minimum Gasteiger partial charge on any atom is -0.350 e. The van der Waals surface area contributed by atoms with Gasteiger partial charge in [0, 0.05) is 17.9 Å². The second kappa shape index (κ2) is 7.34. The van der Waals surface area contributed by atoms with Crippen molar-refractivity contribution in [3.8, 4) is 11.8 Å². The first-order chi connectivity index (χ1) is 7.79. The van der Waals surface area contributed by atoms with Crippen molar-refractivity contribution in [3.63, 3.8) is 0 Å². The normalized spacial score (nSPS) is 9.38. The Labute approximate surface area is 104 Å². The third kappa shape index (κ3) is 3.89. The highest BCUT2D eigenvalue weighted by molar-refractivity contribution is 7.98. The first-order valence-corrected chi connectivity index (χ1v) is 7.10. The number of carbonyl (C=O) groups excluding carboxylic acids is 1. The zero-order valence-corrected chi connectivity index (χ0v) is 10.7. The molecule has 0 saturated heterocycles. The van der Waals surface area contributed by atoms with Crippen LogP contribution in [0.15, 0.2) is 11.4 Å². The van der Waals surface area contributed by atoms with Gasteiger partial charge < -0.3 is 11.1 Å². The lowest BCUT2D eigenvalue weighted by molar-refractivity contribution is 0.0960. The molecule has 1 heterocycles. The lowest BCUT2D eigenvalue weighted by Gasteiger charge is -2.02. The highest BCUT2D eigenvalue weighted by Gasteiger charge is 2.10. The lowest BCUT2D eigenvalue weighted by Crippen LogP contribution is -2.25. The summed E-state index contributed by atoms with van der Waals surface area (Å²) in [5, 5.41) is 4.72. The van der Waals surface area contributed by atoms with Gasteiger partial charge in [-0.3, -0.25) is 4.79 Å². The Hall–Kier alpha value is -0.960. The van der Waals surface area contributed by atoms with Crippen LogP contribution in [0.25, 0.3) is 0 Å². The Balaban J connectivity index is 2.64. The van der Waals surface area contributed by atoms with Crippen LogP contribution in [0.1, 0.15) is 15.2 Å². The van der Waals surface area contributed by atoms with Crippen LogP contribution < -0.4 is 11.1 Å². The predicted molar refractivity (Wildman–Crippen MR) is 71.0 cm³/mol. The van der Waals surface area contributed by atoms with E-state index in [2.05, 4.69) is 17.2 Å². The maximum Gasteiger partial charge on any atom is 0.262 e. The Morgan fingerprint density at radius 3 is 3.19 bits per heavy atom. The van der Waals surface area contributed by atoms with E-state index in [0.717, 1.165) is 11.3 Å². The summed E-state index contributed by atoms with van der Waals surface area (Å²) in [4.78, 5) is 12.4. The fraction of sp³-hybridized carbons (Fsp3) is 0.364. The van der Waals surface area contributed by atoms with Crippen molar-refractivity contribution >= 4 is 29.0 Å². The standard InChI is InChI=1S/C11H14N2OS2/c1-15-8-6-13-11(14)10-9(3-2-5-12)4-7-16-10/h4,7H,5-6,8,12H2,1H3,(H,13,14). The minimum absolute atomic E-state index is 0.0506. The topological polar surface area (TPSA) is 55.1 Å². The quantitative estimate of drug-likeness (QED) is 0.626. The van der Waals surface area contributed by atoms with E-state index in [0.29, 0.717) is 18.0 Å². The van der Waals surface area contributed by atoms with E-state index < -0.39 is 0 Å². The molecule has 0 aliphatic heterocycles. The largest absolute Gasteiger partial charge is 0.350 e. The summed E-state index contributed by atoms with van der Waals surface area (Å²) in [6.07, 6.45) is 2.01. The molecule has 0 radical (unpaired) electrons. The van der Waals surface area contributed by atoms with Crippen LogP contribution in [0.5, 0.6) is 0 Å². The molecule has 0 unspecified atom stereocenters. The molecule has 1 rings (SSSR count). The summed E-state index contributed by atoms with van der Waals surface area (Å²) >= 11 is 3.11. The molecule has 0 saturated carbocycles. The molecule has 0 aliphatic carbocycles. The maximum atomic E-state index is 11.8. The summed E-state index contributed by atoms with van der Waals surface area (Å²) in [6.45, 7) is 0.991. The Kier molecular flexibility index (Phi) is 6.01. The van der Waals surface area contributed by atoms with Crippen molar-refractivity contribution in [2.24, 2.45) is 5.73 Å². The second-order valence-corrected chi connectivity index (χ2v) is 4.82. The smallest absolute Gasteiger partial charge is 0.262 e. The first kappa shape index (κ1) is 13.1. The van der Waals surface area contributed by atoms with Gasteiger partial charge in [-0.05, 0) is 17.7 Å². The van der Waals surface area contributed by atoms with Crippen molar-refractivity contribution in [3.05, 3.63) is 21.9 Å². The van der Waals surface area contributed by atoms with Crippen molar-refractivity contribution in [2.45, 2.75) is 0 Å². The van der Waals surface area contributed by atoms with Gasteiger partial charge in [-0.2, -0.15) is 11.8 Å².